The second-order valence-corrected chi connectivity index (χ2v) is 12.9. The SMILES string of the molecule is Cc1ccc(N2C(=O)CC(N(C(=O)CSc3nc4c(cc3C#N)CC(c3ccccc3)CC4)C3CCCCC3)C2=O)cc1. The molecule has 0 N–H and O–H groups in total. The molecular weight excluding hydrogens is 556 g/mol. The monoisotopic (exact) mass is 592 g/mol. The van der Waals surface area contributed by atoms with Crippen molar-refractivity contribution < 1.29 is 14.4 Å². The van der Waals surface area contributed by atoms with E-state index < -0.39 is 6.04 Å². The summed E-state index contributed by atoms with van der Waals surface area (Å²) >= 11 is 1.27. The Morgan fingerprint density at radius 3 is 2.49 bits per heavy atom. The van der Waals surface area contributed by atoms with Crippen LogP contribution in [0.25, 0.3) is 0 Å². The Kier molecular flexibility index (Phi) is 8.62. The molecule has 1 saturated carbocycles. The van der Waals surface area contributed by atoms with Crippen molar-refractivity contribution in [2.24, 2.45) is 0 Å². The van der Waals surface area contributed by atoms with Crippen LogP contribution >= 0.6 is 11.8 Å². The molecule has 0 radical (unpaired) electrons. The van der Waals surface area contributed by atoms with Crippen LogP contribution < -0.4 is 4.90 Å². The molecule has 2 unspecified atom stereocenters. The Labute approximate surface area is 257 Å². The largest absolute Gasteiger partial charge is 0.326 e. The van der Waals surface area contributed by atoms with Crippen molar-refractivity contribution >= 4 is 35.2 Å². The van der Waals surface area contributed by atoms with Crippen LogP contribution in [0.15, 0.2) is 65.7 Å². The molecule has 2 aromatic carbocycles. The summed E-state index contributed by atoms with van der Waals surface area (Å²) in [6.07, 6.45) is 7.38. The molecular formula is C35H36N4O3S. The van der Waals surface area contributed by atoms with E-state index in [1.165, 1.54) is 22.2 Å². The molecule has 1 aliphatic heterocycles. The third kappa shape index (κ3) is 6.09. The number of rotatable bonds is 7. The van der Waals surface area contributed by atoms with Crippen molar-refractivity contribution in [3.05, 3.63) is 88.6 Å². The van der Waals surface area contributed by atoms with Gasteiger partial charge in [0.05, 0.1) is 23.4 Å². The summed E-state index contributed by atoms with van der Waals surface area (Å²) < 4.78 is 0. The van der Waals surface area contributed by atoms with Gasteiger partial charge in [0, 0.05) is 11.7 Å². The van der Waals surface area contributed by atoms with Gasteiger partial charge < -0.3 is 4.90 Å². The number of imide groups is 1. The molecule has 7 nitrogen and oxygen atoms in total. The molecule has 220 valence electrons. The van der Waals surface area contributed by atoms with Gasteiger partial charge in [0.2, 0.25) is 11.8 Å². The first kappa shape index (κ1) is 29.1. The maximum atomic E-state index is 13.9. The summed E-state index contributed by atoms with van der Waals surface area (Å²) in [4.78, 5) is 48.6. The van der Waals surface area contributed by atoms with Crippen LogP contribution in [0.3, 0.4) is 0 Å². The van der Waals surface area contributed by atoms with Crippen LogP contribution in [-0.2, 0) is 27.2 Å². The van der Waals surface area contributed by atoms with Gasteiger partial charge in [0.1, 0.15) is 17.1 Å². The van der Waals surface area contributed by atoms with Crippen LogP contribution in [0.5, 0.6) is 0 Å². The second kappa shape index (κ2) is 12.7. The lowest BCUT2D eigenvalue weighted by molar-refractivity contribution is -0.139. The lowest BCUT2D eigenvalue weighted by Crippen LogP contribution is -2.52. The zero-order chi connectivity index (χ0) is 29.9. The van der Waals surface area contributed by atoms with Crippen LogP contribution in [0.2, 0.25) is 0 Å². The topological polar surface area (TPSA) is 94.4 Å². The Hall–Kier alpha value is -3.96. The highest BCUT2D eigenvalue weighted by atomic mass is 32.2. The zero-order valence-electron chi connectivity index (χ0n) is 24.5. The summed E-state index contributed by atoms with van der Waals surface area (Å²) in [5, 5.41) is 10.5. The highest BCUT2D eigenvalue weighted by molar-refractivity contribution is 8.00. The third-order valence-electron chi connectivity index (χ3n) is 9.08. The summed E-state index contributed by atoms with van der Waals surface area (Å²) in [6, 6.07) is 21.1. The Balaban J connectivity index is 1.20. The maximum absolute atomic E-state index is 13.9. The molecule has 1 saturated heterocycles. The first-order chi connectivity index (χ1) is 20.9. The highest BCUT2D eigenvalue weighted by Gasteiger charge is 2.46. The van der Waals surface area contributed by atoms with Crippen LogP contribution in [0.1, 0.15) is 78.8 Å². The minimum absolute atomic E-state index is 0.0112. The molecule has 43 heavy (non-hydrogen) atoms. The van der Waals surface area contributed by atoms with Crippen molar-refractivity contribution in [1.82, 2.24) is 9.88 Å². The number of anilines is 1. The fourth-order valence-corrected chi connectivity index (χ4v) is 7.68. The molecule has 2 fully saturated rings. The van der Waals surface area contributed by atoms with Gasteiger partial charge in [0.25, 0.3) is 5.91 Å². The van der Waals surface area contributed by atoms with Gasteiger partial charge in [-0.1, -0.05) is 79.1 Å². The highest BCUT2D eigenvalue weighted by Crippen LogP contribution is 2.36. The Bertz CT molecular complexity index is 1560. The minimum Gasteiger partial charge on any atom is -0.326 e. The van der Waals surface area contributed by atoms with E-state index in [4.69, 9.17) is 4.98 Å². The van der Waals surface area contributed by atoms with Crippen LogP contribution in [0, 0.1) is 18.3 Å². The molecule has 3 aliphatic rings. The van der Waals surface area contributed by atoms with Crippen molar-refractivity contribution in [1.29, 1.82) is 5.26 Å². The van der Waals surface area contributed by atoms with E-state index in [0.29, 0.717) is 22.2 Å². The lowest BCUT2D eigenvalue weighted by Gasteiger charge is -2.37. The number of amides is 3. The molecule has 2 heterocycles. The molecule has 3 amide bonds. The number of pyridine rings is 1. The number of aryl methyl sites for hydroxylation is 2. The lowest BCUT2D eigenvalue weighted by atomic mass is 9.82. The quantitative estimate of drug-likeness (QED) is 0.242. The number of carbonyl (C=O) groups excluding carboxylic acids is 3. The number of thioether (sulfide) groups is 1. The normalized spacial score (nSPS) is 20.5. The fraction of sp³-hybridized carbons (Fsp3) is 0.400. The number of nitriles is 1. The van der Waals surface area contributed by atoms with Gasteiger partial charge in [-0.05, 0) is 74.3 Å². The Morgan fingerprint density at radius 1 is 1.02 bits per heavy atom. The molecule has 6 rings (SSSR count). The van der Waals surface area contributed by atoms with Crippen molar-refractivity contribution in [2.75, 3.05) is 10.7 Å². The number of carbonyl (C=O) groups is 3. The average molecular weight is 593 g/mol. The number of hydrogen-bond acceptors (Lipinski definition) is 6. The maximum Gasteiger partial charge on any atom is 0.257 e. The van der Waals surface area contributed by atoms with E-state index in [2.05, 4.69) is 30.3 Å². The van der Waals surface area contributed by atoms with E-state index in [1.807, 2.05) is 31.2 Å². The van der Waals surface area contributed by atoms with E-state index >= 15 is 0 Å². The van der Waals surface area contributed by atoms with Gasteiger partial charge in [0.15, 0.2) is 0 Å². The van der Waals surface area contributed by atoms with E-state index in [1.54, 1.807) is 17.0 Å². The number of aromatic nitrogens is 1. The third-order valence-corrected chi connectivity index (χ3v) is 10.1. The van der Waals surface area contributed by atoms with Crippen molar-refractivity contribution in [3.63, 3.8) is 0 Å². The molecule has 3 aromatic rings. The minimum atomic E-state index is -0.813. The summed E-state index contributed by atoms with van der Waals surface area (Å²) in [7, 11) is 0. The average Bonchev–Trinajstić information content (AvgIpc) is 3.33. The molecule has 8 heteroatoms. The summed E-state index contributed by atoms with van der Waals surface area (Å²) in [5.41, 5.74) is 5.46. The predicted molar refractivity (Wildman–Crippen MR) is 167 cm³/mol. The molecule has 1 aromatic heterocycles. The summed E-state index contributed by atoms with van der Waals surface area (Å²) in [6.45, 7) is 1.96. The molecule has 2 atom stereocenters. The van der Waals surface area contributed by atoms with Crippen molar-refractivity contribution in [3.8, 4) is 6.07 Å². The van der Waals surface area contributed by atoms with Crippen LogP contribution in [0.4, 0.5) is 5.69 Å². The van der Waals surface area contributed by atoms with Crippen molar-refractivity contribution in [2.45, 2.75) is 87.7 Å². The first-order valence-corrected chi connectivity index (χ1v) is 16.3. The second-order valence-electron chi connectivity index (χ2n) is 11.9. The fourth-order valence-electron chi connectivity index (χ4n) is 6.84. The van der Waals surface area contributed by atoms with Gasteiger partial charge in [-0.25, -0.2) is 9.88 Å². The molecule has 2 aliphatic carbocycles. The van der Waals surface area contributed by atoms with Gasteiger partial charge in [-0.2, -0.15) is 5.26 Å². The smallest absolute Gasteiger partial charge is 0.257 e. The van der Waals surface area contributed by atoms with Gasteiger partial charge >= 0.3 is 0 Å². The zero-order valence-corrected chi connectivity index (χ0v) is 25.3. The number of fused-ring (bicyclic) bond motifs is 1. The standard InChI is InChI=1S/C35H36N4O3S/c1-23-12-15-29(16-13-23)39-32(40)20-31(35(39)42)38(28-10-6-3-7-11-28)33(41)22-43-34-27(21-36)19-26-18-25(14-17-30(26)37-34)24-8-4-2-5-9-24/h2,4-5,8-9,12-13,15-16,19,25,28,31H,3,6-7,10-11,14,17-18,20,22H2,1H3. The number of benzene rings is 2. The Morgan fingerprint density at radius 2 is 1.77 bits per heavy atom. The number of hydrogen-bond donors (Lipinski definition) is 0. The van der Waals surface area contributed by atoms with Crippen LogP contribution in [-0.4, -0.2) is 45.4 Å². The van der Waals surface area contributed by atoms with E-state index in [0.717, 1.165) is 68.2 Å². The molecule has 0 bridgehead atoms. The number of nitrogens with zero attached hydrogens (tertiary/aromatic N) is 4. The van der Waals surface area contributed by atoms with Gasteiger partial charge in [-0.3, -0.25) is 14.4 Å². The van der Waals surface area contributed by atoms with Gasteiger partial charge in [-0.15, -0.1) is 0 Å². The molecule has 0 spiro atoms. The summed E-state index contributed by atoms with van der Waals surface area (Å²) in [5.74, 6) is -0.336. The van der Waals surface area contributed by atoms with E-state index in [9.17, 15) is 19.6 Å². The van der Waals surface area contributed by atoms with E-state index in [-0.39, 0.29) is 35.9 Å². The first-order valence-electron chi connectivity index (χ1n) is 15.3. The predicted octanol–water partition coefficient (Wildman–Crippen LogP) is 6.12.